The zero-order chi connectivity index (χ0) is 17.7. The van der Waals surface area contributed by atoms with Crippen LogP contribution in [0.25, 0.3) is 0 Å². The molecule has 0 spiro atoms. The van der Waals surface area contributed by atoms with E-state index in [0.717, 1.165) is 12.1 Å². The van der Waals surface area contributed by atoms with Crippen molar-refractivity contribution in [1.82, 2.24) is 4.98 Å². The van der Waals surface area contributed by atoms with Gasteiger partial charge in [0.15, 0.2) is 0 Å². The predicted molar refractivity (Wildman–Crippen MR) is 101 cm³/mol. The van der Waals surface area contributed by atoms with Gasteiger partial charge in [0.25, 0.3) is 10.0 Å². The summed E-state index contributed by atoms with van der Waals surface area (Å²) < 4.78 is 27.1. The third kappa shape index (κ3) is 4.16. The molecule has 0 atom stereocenters. The average Bonchev–Trinajstić information content (AvgIpc) is 2.64. The standard InChI is InChI=1S/C19H19N3O2S/c1-2-15-8-6-7-11-18(15)21-19-13-12-16(14-20-19)22-25(23,24)17-9-4-3-5-10-17/h3-14,22H,2H2,1H3,(H,20,21). The minimum absolute atomic E-state index is 0.217. The predicted octanol–water partition coefficient (Wildman–Crippen LogP) is 4.19. The Bertz CT molecular complexity index is 940. The van der Waals surface area contributed by atoms with Crippen LogP contribution < -0.4 is 10.0 Å². The zero-order valence-electron chi connectivity index (χ0n) is 13.8. The lowest BCUT2D eigenvalue weighted by atomic mass is 10.1. The van der Waals surface area contributed by atoms with Gasteiger partial charge in [-0.3, -0.25) is 4.72 Å². The number of nitrogens with zero attached hydrogens (tertiary/aromatic N) is 1. The van der Waals surface area contributed by atoms with Crippen molar-refractivity contribution < 1.29 is 8.42 Å². The molecule has 0 unspecified atom stereocenters. The van der Waals surface area contributed by atoms with Gasteiger partial charge in [-0.25, -0.2) is 13.4 Å². The van der Waals surface area contributed by atoms with E-state index in [1.54, 1.807) is 42.5 Å². The van der Waals surface area contributed by atoms with Crippen LogP contribution in [0.1, 0.15) is 12.5 Å². The van der Waals surface area contributed by atoms with Gasteiger partial charge in [-0.05, 0) is 42.3 Å². The highest BCUT2D eigenvalue weighted by Gasteiger charge is 2.13. The Labute approximate surface area is 147 Å². The molecule has 3 rings (SSSR count). The fraction of sp³-hybridized carbons (Fsp3) is 0.105. The van der Waals surface area contributed by atoms with Crippen molar-refractivity contribution >= 4 is 27.2 Å². The monoisotopic (exact) mass is 353 g/mol. The smallest absolute Gasteiger partial charge is 0.261 e. The summed E-state index contributed by atoms with van der Waals surface area (Å²) in [6, 6.07) is 19.7. The third-order valence-corrected chi connectivity index (χ3v) is 5.13. The fourth-order valence-electron chi connectivity index (χ4n) is 2.43. The zero-order valence-corrected chi connectivity index (χ0v) is 14.6. The van der Waals surface area contributed by atoms with E-state index in [4.69, 9.17) is 0 Å². The van der Waals surface area contributed by atoms with Crippen molar-refractivity contribution in [3.63, 3.8) is 0 Å². The van der Waals surface area contributed by atoms with Crippen LogP contribution in [0.5, 0.6) is 0 Å². The van der Waals surface area contributed by atoms with Crippen LogP contribution in [-0.2, 0) is 16.4 Å². The molecule has 25 heavy (non-hydrogen) atoms. The van der Waals surface area contributed by atoms with Crippen molar-refractivity contribution in [2.45, 2.75) is 18.2 Å². The van der Waals surface area contributed by atoms with Gasteiger partial charge in [-0.2, -0.15) is 0 Å². The van der Waals surface area contributed by atoms with Gasteiger partial charge in [-0.1, -0.05) is 43.3 Å². The first-order valence-electron chi connectivity index (χ1n) is 7.97. The Morgan fingerprint density at radius 3 is 2.32 bits per heavy atom. The van der Waals surface area contributed by atoms with Gasteiger partial charge in [0.05, 0.1) is 16.8 Å². The molecule has 0 saturated heterocycles. The second-order valence-corrected chi connectivity index (χ2v) is 7.17. The quantitative estimate of drug-likeness (QED) is 0.697. The molecular formula is C19H19N3O2S. The second kappa shape index (κ2) is 7.36. The molecule has 0 radical (unpaired) electrons. The Morgan fingerprint density at radius 1 is 0.920 bits per heavy atom. The molecule has 2 aromatic carbocycles. The minimum Gasteiger partial charge on any atom is -0.340 e. The largest absolute Gasteiger partial charge is 0.340 e. The number of anilines is 3. The number of hydrogen-bond donors (Lipinski definition) is 2. The van der Waals surface area contributed by atoms with Gasteiger partial charge in [-0.15, -0.1) is 0 Å². The molecule has 0 aliphatic heterocycles. The number of hydrogen-bond acceptors (Lipinski definition) is 4. The van der Waals surface area contributed by atoms with Crippen LogP contribution in [-0.4, -0.2) is 13.4 Å². The molecule has 0 amide bonds. The maximum absolute atomic E-state index is 12.3. The average molecular weight is 353 g/mol. The van der Waals surface area contributed by atoms with E-state index in [0.29, 0.717) is 11.5 Å². The van der Waals surface area contributed by atoms with Gasteiger partial charge in [0.2, 0.25) is 0 Å². The molecule has 6 heteroatoms. The molecule has 0 bridgehead atoms. The summed E-state index contributed by atoms with van der Waals surface area (Å²) in [5.74, 6) is 0.656. The van der Waals surface area contributed by atoms with Crippen LogP contribution in [0, 0.1) is 0 Å². The van der Waals surface area contributed by atoms with E-state index < -0.39 is 10.0 Å². The summed E-state index contributed by atoms with van der Waals surface area (Å²) in [5, 5.41) is 3.26. The summed E-state index contributed by atoms with van der Waals surface area (Å²) in [5.41, 5.74) is 2.60. The summed E-state index contributed by atoms with van der Waals surface area (Å²) in [6.07, 6.45) is 2.41. The number of aryl methyl sites for hydroxylation is 1. The van der Waals surface area contributed by atoms with Gasteiger partial charge in [0.1, 0.15) is 5.82 Å². The van der Waals surface area contributed by atoms with E-state index in [-0.39, 0.29) is 4.90 Å². The maximum atomic E-state index is 12.3. The number of para-hydroxylation sites is 1. The van der Waals surface area contributed by atoms with Gasteiger partial charge < -0.3 is 5.32 Å². The van der Waals surface area contributed by atoms with E-state index in [9.17, 15) is 8.42 Å². The number of pyridine rings is 1. The lowest BCUT2D eigenvalue weighted by molar-refractivity contribution is 0.601. The first kappa shape index (κ1) is 17.0. The molecule has 0 saturated carbocycles. The fourth-order valence-corrected chi connectivity index (χ4v) is 3.49. The van der Waals surface area contributed by atoms with Crippen LogP contribution in [0.4, 0.5) is 17.2 Å². The van der Waals surface area contributed by atoms with Crippen LogP contribution >= 0.6 is 0 Å². The van der Waals surface area contributed by atoms with Crippen molar-refractivity contribution in [2.24, 2.45) is 0 Å². The number of nitrogens with one attached hydrogen (secondary N) is 2. The summed E-state index contributed by atoms with van der Waals surface area (Å²) in [6.45, 7) is 2.09. The Hall–Kier alpha value is -2.86. The summed E-state index contributed by atoms with van der Waals surface area (Å²) in [4.78, 5) is 4.51. The van der Waals surface area contributed by atoms with Crippen LogP contribution in [0.15, 0.2) is 77.8 Å². The maximum Gasteiger partial charge on any atom is 0.261 e. The molecule has 0 aliphatic carbocycles. The SMILES string of the molecule is CCc1ccccc1Nc1ccc(NS(=O)(=O)c2ccccc2)cn1. The lowest BCUT2D eigenvalue weighted by Crippen LogP contribution is -2.13. The van der Waals surface area contributed by atoms with Crippen molar-refractivity contribution in [3.8, 4) is 0 Å². The number of benzene rings is 2. The number of sulfonamides is 1. The van der Waals surface area contributed by atoms with Crippen LogP contribution in [0.3, 0.4) is 0 Å². The first-order chi connectivity index (χ1) is 12.1. The minimum atomic E-state index is -3.61. The molecule has 0 aliphatic rings. The molecule has 3 aromatic rings. The van der Waals surface area contributed by atoms with Gasteiger partial charge >= 0.3 is 0 Å². The topological polar surface area (TPSA) is 71.1 Å². The third-order valence-electron chi connectivity index (χ3n) is 3.73. The molecule has 1 aromatic heterocycles. The number of rotatable bonds is 6. The Morgan fingerprint density at radius 2 is 1.64 bits per heavy atom. The highest BCUT2D eigenvalue weighted by atomic mass is 32.2. The highest BCUT2D eigenvalue weighted by Crippen LogP contribution is 2.21. The summed E-state index contributed by atoms with van der Waals surface area (Å²) in [7, 11) is -3.61. The Balaban J connectivity index is 1.74. The van der Waals surface area contributed by atoms with Crippen LogP contribution in [0.2, 0.25) is 0 Å². The normalized spacial score (nSPS) is 11.1. The lowest BCUT2D eigenvalue weighted by Gasteiger charge is -2.11. The van der Waals surface area contributed by atoms with E-state index in [1.165, 1.54) is 11.8 Å². The van der Waals surface area contributed by atoms with E-state index in [2.05, 4.69) is 28.0 Å². The van der Waals surface area contributed by atoms with Gasteiger partial charge in [0, 0.05) is 5.69 Å². The molecule has 2 N–H and O–H groups in total. The molecule has 5 nitrogen and oxygen atoms in total. The van der Waals surface area contributed by atoms with Crippen molar-refractivity contribution in [2.75, 3.05) is 10.0 Å². The molecular weight excluding hydrogens is 334 g/mol. The molecule has 0 fully saturated rings. The van der Waals surface area contributed by atoms with Crippen molar-refractivity contribution in [1.29, 1.82) is 0 Å². The van der Waals surface area contributed by atoms with E-state index in [1.807, 2.05) is 18.2 Å². The summed E-state index contributed by atoms with van der Waals surface area (Å²) >= 11 is 0. The van der Waals surface area contributed by atoms with E-state index >= 15 is 0 Å². The Kier molecular flexibility index (Phi) is 5.00. The van der Waals surface area contributed by atoms with Crippen molar-refractivity contribution in [3.05, 3.63) is 78.5 Å². The first-order valence-corrected chi connectivity index (χ1v) is 9.45. The second-order valence-electron chi connectivity index (χ2n) is 5.49. The number of aromatic nitrogens is 1. The molecule has 1 heterocycles. The highest BCUT2D eigenvalue weighted by molar-refractivity contribution is 7.92. The molecule has 128 valence electrons.